The molecule has 0 unspecified atom stereocenters. The zero-order chi connectivity index (χ0) is 7.61. The monoisotopic (exact) mass is 161 g/mol. The van der Waals surface area contributed by atoms with Crippen LogP contribution in [-0.2, 0) is 10.0 Å². The fourth-order valence-corrected chi connectivity index (χ4v) is 1.91. The molecule has 0 bridgehead atoms. The Morgan fingerprint density at radius 2 is 2.10 bits per heavy atom. The summed E-state index contributed by atoms with van der Waals surface area (Å²) >= 11 is 0. The minimum absolute atomic E-state index is 0.336. The topological polar surface area (TPSA) is 60.2 Å². The van der Waals surface area contributed by atoms with Crippen LogP contribution in [0.1, 0.15) is 19.3 Å². The molecule has 0 aromatic carbocycles. The van der Waals surface area contributed by atoms with Gasteiger partial charge in [-0.15, -0.1) is 0 Å². The van der Waals surface area contributed by atoms with Crippen LogP contribution in [0, 0.1) is 0 Å². The Labute approximate surface area is 61.0 Å². The van der Waals surface area contributed by atoms with Crippen molar-refractivity contribution in [1.82, 2.24) is 0 Å². The normalized spacial score (nSPS) is 26.7. The molecule has 0 aliphatic heterocycles. The highest BCUT2D eigenvalue weighted by atomic mass is 32.2. The van der Waals surface area contributed by atoms with Gasteiger partial charge >= 0.3 is 0 Å². The van der Waals surface area contributed by atoms with E-state index in [4.69, 9.17) is 5.14 Å². The first-order valence-corrected chi connectivity index (χ1v) is 4.88. The fraction of sp³-hybridized carbons (Fsp3) is 0.667. The molecule has 0 fully saturated rings. The van der Waals surface area contributed by atoms with E-state index in [1.54, 1.807) is 0 Å². The van der Waals surface area contributed by atoms with Crippen molar-refractivity contribution in [3.8, 4) is 0 Å². The van der Waals surface area contributed by atoms with Crippen LogP contribution < -0.4 is 5.14 Å². The maximum Gasteiger partial charge on any atom is 0.212 e. The molecule has 0 aromatic heterocycles. The van der Waals surface area contributed by atoms with Gasteiger partial charge in [0, 0.05) is 0 Å². The minimum Gasteiger partial charge on any atom is -0.228 e. The van der Waals surface area contributed by atoms with Crippen molar-refractivity contribution in [2.75, 3.05) is 0 Å². The molecule has 3 nitrogen and oxygen atoms in total. The van der Waals surface area contributed by atoms with E-state index < -0.39 is 10.0 Å². The molecule has 0 aromatic rings. The number of hydrogen-bond acceptors (Lipinski definition) is 2. The van der Waals surface area contributed by atoms with E-state index in [0.29, 0.717) is 12.8 Å². The van der Waals surface area contributed by atoms with Gasteiger partial charge in [-0.25, -0.2) is 13.6 Å². The number of sulfonamides is 1. The van der Waals surface area contributed by atoms with Crippen LogP contribution in [-0.4, -0.2) is 13.7 Å². The third-order valence-electron chi connectivity index (χ3n) is 1.69. The van der Waals surface area contributed by atoms with Gasteiger partial charge < -0.3 is 0 Å². The molecule has 0 saturated carbocycles. The first-order chi connectivity index (χ1) is 4.61. The van der Waals surface area contributed by atoms with E-state index in [1.807, 2.05) is 12.2 Å². The van der Waals surface area contributed by atoms with Gasteiger partial charge in [0.05, 0.1) is 5.25 Å². The molecule has 0 spiro atoms. The van der Waals surface area contributed by atoms with Crippen LogP contribution in [0.5, 0.6) is 0 Å². The van der Waals surface area contributed by atoms with Crippen LogP contribution in [0.4, 0.5) is 0 Å². The highest BCUT2D eigenvalue weighted by molar-refractivity contribution is 7.89. The van der Waals surface area contributed by atoms with Gasteiger partial charge in [-0.05, 0) is 19.3 Å². The van der Waals surface area contributed by atoms with Crippen molar-refractivity contribution in [1.29, 1.82) is 0 Å². The van der Waals surface area contributed by atoms with E-state index in [0.717, 1.165) is 6.42 Å². The van der Waals surface area contributed by atoms with Crippen molar-refractivity contribution in [3.63, 3.8) is 0 Å². The molecular formula is C6H11NO2S. The van der Waals surface area contributed by atoms with Crippen LogP contribution >= 0.6 is 0 Å². The summed E-state index contributed by atoms with van der Waals surface area (Å²) < 4.78 is 21.5. The molecule has 0 saturated heterocycles. The number of rotatable bonds is 1. The summed E-state index contributed by atoms with van der Waals surface area (Å²) in [7, 11) is -3.28. The molecular weight excluding hydrogens is 150 g/mol. The first-order valence-electron chi connectivity index (χ1n) is 3.27. The molecule has 0 heterocycles. The highest BCUT2D eigenvalue weighted by Gasteiger charge is 2.20. The molecule has 4 heteroatoms. The SMILES string of the molecule is NS(=O)(=O)[C@@H]1CC=CCC1. The second-order valence-electron chi connectivity index (χ2n) is 2.50. The van der Waals surface area contributed by atoms with E-state index in [1.165, 1.54) is 0 Å². The largest absolute Gasteiger partial charge is 0.228 e. The van der Waals surface area contributed by atoms with Crippen molar-refractivity contribution in [2.24, 2.45) is 5.14 Å². The highest BCUT2D eigenvalue weighted by Crippen LogP contribution is 2.15. The van der Waals surface area contributed by atoms with Crippen molar-refractivity contribution < 1.29 is 8.42 Å². The summed E-state index contributed by atoms with van der Waals surface area (Å²) in [5, 5.41) is 4.61. The summed E-state index contributed by atoms with van der Waals surface area (Å²) in [6, 6.07) is 0. The van der Waals surface area contributed by atoms with Crippen LogP contribution in [0.15, 0.2) is 12.2 Å². The molecule has 1 rings (SSSR count). The summed E-state index contributed by atoms with van der Waals surface area (Å²) in [5.41, 5.74) is 0. The fourth-order valence-electron chi connectivity index (χ4n) is 1.06. The van der Waals surface area contributed by atoms with Crippen LogP contribution in [0.3, 0.4) is 0 Å². The Balaban J connectivity index is 2.67. The Kier molecular flexibility index (Phi) is 2.11. The summed E-state index contributed by atoms with van der Waals surface area (Å²) in [6.07, 6.45) is 5.95. The quantitative estimate of drug-likeness (QED) is 0.565. The van der Waals surface area contributed by atoms with Gasteiger partial charge in [-0.2, -0.15) is 0 Å². The zero-order valence-electron chi connectivity index (χ0n) is 5.66. The molecule has 1 aliphatic rings. The zero-order valence-corrected chi connectivity index (χ0v) is 6.47. The number of allylic oxidation sites excluding steroid dienone is 2. The van der Waals surface area contributed by atoms with E-state index in [-0.39, 0.29) is 5.25 Å². The van der Waals surface area contributed by atoms with Crippen LogP contribution in [0.2, 0.25) is 0 Å². The number of hydrogen-bond donors (Lipinski definition) is 1. The van der Waals surface area contributed by atoms with E-state index in [9.17, 15) is 8.42 Å². The minimum atomic E-state index is -3.28. The van der Waals surface area contributed by atoms with Crippen LogP contribution in [0.25, 0.3) is 0 Å². The Morgan fingerprint density at radius 1 is 1.40 bits per heavy atom. The van der Waals surface area contributed by atoms with E-state index >= 15 is 0 Å². The summed E-state index contributed by atoms with van der Waals surface area (Å²) in [6.45, 7) is 0. The third kappa shape index (κ3) is 1.82. The third-order valence-corrected chi connectivity index (χ3v) is 3.04. The lowest BCUT2D eigenvalue weighted by Gasteiger charge is -2.14. The Bertz CT molecular complexity index is 230. The van der Waals surface area contributed by atoms with Gasteiger partial charge in [0.15, 0.2) is 0 Å². The average molecular weight is 161 g/mol. The molecule has 58 valence electrons. The van der Waals surface area contributed by atoms with Crippen molar-refractivity contribution in [2.45, 2.75) is 24.5 Å². The molecule has 0 radical (unpaired) electrons. The first kappa shape index (κ1) is 7.75. The van der Waals surface area contributed by atoms with Gasteiger partial charge in [-0.1, -0.05) is 12.2 Å². The van der Waals surface area contributed by atoms with Gasteiger partial charge in [0.2, 0.25) is 10.0 Å². The maximum absolute atomic E-state index is 10.7. The molecule has 10 heavy (non-hydrogen) atoms. The molecule has 0 amide bonds. The van der Waals surface area contributed by atoms with Gasteiger partial charge in [-0.3, -0.25) is 0 Å². The lowest BCUT2D eigenvalue weighted by Crippen LogP contribution is -2.28. The average Bonchev–Trinajstić information content (AvgIpc) is 1.88. The summed E-state index contributed by atoms with van der Waals surface area (Å²) in [5.74, 6) is 0. The Morgan fingerprint density at radius 3 is 2.40 bits per heavy atom. The van der Waals surface area contributed by atoms with Gasteiger partial charge in [0.1, 0.15) is 0 Å². The van der Waals surface area contributed by atoms with Crippen molar-refractivity contribution >= 4 is 10.0 Å². The second-order valence-corrected chi connectivity index (χ2v) is 4.34. The lowest BCUT2D eigenvalue weighted by atomic mass is 10.1. The predicted molar refractivity (Wildman–Crippen MR) is 39.9 cm³/mol. The molecule has 1 atom stereocenters. The predicted octanol–water partition coefficient (Wildman–Crippen LogP) is 0.384. The molecule has 2 N–H and O–H groups in total. The maximum atomic E-state index is 10.7. The molecule has 1 aliphatic carbocycles. The van der Waals surface area contributed by atoms with Crippen molar-refractivity contribution in [3.05, 3.63) is 12.2 Å². The standard InChI is InChI=1S/C6H11NO2S/c7-10(8,9)6-4-2-1-3-5-6/h1-2,6H,3-5H2,(H2,7,8,9)/t6-/m1/s1. The summed E-state index contributed by atoms with van der Waals surface area (Å²) in [4.78, 5) is 0. The second kappa shape index (κ2) is 2.72. The number of primary sulfonamides is 1. The smallest absolute Gasteiger partial charge is 0.212 e. The Hall–Kier alpha value is -0.350. The number of nitrogens with two attached hydrogens (primary N) is 1. The van der Waals surface area contributed by atoms with Gasteiger partial charge in [0.25, 0.3) is 0 Å². The lowest BCUT2D eigenvalue weighted by molar-refractivity contribution is 0.570. The van der Waals surface area contributed by atoms with E-state index in [2.05, 4.69) is 0 Å².